The van der Waals surface area contributed by atoms with E-state index in [4.69, 9.17) is 0 Å². The highest BCUT2D eigenvalue weighted by molar-refractivity contribution is 5.41. The van der Waals surface area contributed by atoms with Gasteiger partial charge in [0.2, 0.25) is 0 Å². The molecule has 0 aromatic heterocycles. The van der Waals surface area contributed by atoms with Crippen molar-refractivity contribution in [2.24, 2.45) is 0 Å². The van der Waals surface area contributed by atoms with E-state index in [2.05, 4.69) is 26.8 Å². The highest BCUT2D eigenvalue weighted by Crippen LogP contribution is 2.38. The third-order valence-electron chi connectivity index (χ3n) is 3.98. The van der Waals surface area contributed by atoms with Crippen molar-refractivity contribution in [3.63, 3.8) is 0 Å². The first kappa shape index (κ1) is 13.4. The molecule has 1 aliphatic rings. The molecule has 0 spiro atoms. The average molecular weight is 248 g/mol. The molecule has 0 unspecified atom stereocenters. The standard InChI is InChI=1S/C16H24O2/c1-16(2,3)12-7-8-14(15(18)10-12)11-5-4-6-13(17)9-11/h7-8,10-11,13,17-18H,4-6,9H2,1-3H3/t11-,13-/m0/s1. The van der Waals surface area contributed by atoms with Crippen LogP contribution in [-0.2, 0) is 5.41 Å². The Bertz CT molecular complexity index is 418. The Morgan fingerprint density at radius 1 is 1.17 bits per heavy atom. The average Bonchev–Trinajstić information content (AvgIpc) is 2.27. The molecule has 18 heavy (non-hydrogen) atoms. The second-order valence-electron chi connectivity index (χ2n) is 6.54. The molecule has 2 rings (SSSR count). The van der Waals surface area contributed by atoms with Crippen LogP contribution in [0, 0.1) is 0 Å². The van der Waals surface area contributed by atoms with Gasteiger partial charge in [0.15, 0.2) is 0 Å². The zero-order chi connectivity index (χ0) is 13.3. The number of benzene rings is 1. The number of hydrogen-bond acceptors (Lipinski definition) is 2. The fraction of sp³-hybridized carbons (Fsp3) is 0.625. The lowest BCUT2D eigenvalue weighted by Crippen LogP contribution is -2.18. The highest BCUT2D eigenvalue weighted by atomic mass is 16.3. The topological polar surface area (TPSA) is 40.5 Å². The summed E-state index contributed by atoms with van der Waals surface area (Å²) in [6, 6.07) is 6.03. The molecular formula is C16H24O2. The lowest BCUT2D eigenvalue weighted by atomic mass is 9.80. The van der Waals surface area contributed by atoms with Crippen LogP contribution in [0.3, 0.4) is 0 Å². The van der Waals surface area contributed by atoms with Crippen molar-refractivity contribution in [3.05, 3.63) is 29.3 Å². The highest BCUT2D eigenvalue weighted by Gasteiger charge is 2.24. The Labute approximate surface area is 110 Å². The Balaban J connectivity index is 2.24. The summed E-state index contributed by atoms with van der Waals surface area (Å²) in [5.41, 5.74) is 2.21. The lowest BCUT2D eigenvalue weighted by Gasteiger charge is -2.28. The molecule has 2 N–H and O–H groups in total. The van der Waals surface area contributed by atoms with Gasteiger partial charge in [-0.15, -0.1) is 0 Å². The molecule has 1 aliphatic carbocycles. The summed E-state index contributed by atoms with van der Waals surface area (Å²) < 4.78 is 0. The van der Waals surface area contributed by atoms with E-state index in [1.165, 1.54) is 0 Å². The number of aliphatic hydroxyl groups is 1. The summed E-state index contributed by atoms with van der Waals surface area (Å²) in [6.07, 6.45) is 3.59. The molecule has 100 valence electrons. The van der Waals surface area contributed by atoms with Crippen LogP contribution in [0.5, 0.6) is 5.75 Å². The molecule has 0 saturated heterocycles. The van der Waals surface area contributed by atoms with Gasteiger partial charge in [0.05, 0.1) is 6.10 Å². The van der Waals surface area contributed by atoms with Crippen molar-refractivity contribution in [3.8, 4) is 5.75 Å². The summed E-state index contributed by atoms with van der Waals surface area (Å²) >= 11 is 0. The molecule has 2 atom stereocenters. The number of aliphatic hydroxyl groups excluding tert-OH is 1. The molecule has 0 amide bonds. The van der Waals surface area contributed by atoms with E-state index in [9.17, 15) is 10.2 Å². The Morgan fingerprint density at radius 3 is 2.44 bits per heavy atom. The van der Waals surface area contributed by atoms with Crippen molar-refractivity contribution in [2.45, 2.75) is 63.9 Å². The molecule has 1 aromatic carbocycles. The van der Waals surface area contributed by atoms with Gasteiger partial charge in [-0.05, 0) is 47.8 Å². The summed E-state index contributed by atoms with van der Waals surface area (Å²) in [6.45, 7) is 6.43. The van der Waals surface area contributed by atoms with Gasteiger partial charge in [-0.3, -0.25) is 0 Å². The Hall–Kier alpha value is -1.02. The summed E-state index contributed by atoms with van der Waals surface area (Å²) in [5, 5.41) is 19.9. The normalized spacial score (nSPS) is 25.1. The SMILES string of the molecule is CC(C)(C)c1ccc([C@H]2CCC[C@H](O)C2)c(O)c1. The van der Waals surface area contributed by atoms with Crippen LogP contribution in [0.25, 0.3) is 0 Å². The Morgan fingerprint density at radius 2 is 1.89 bits per heavy atom. The van der Waals surface area contributed by atoms with E-state index in [-0.39, 0.29) is 11.5 Å². The zero-order valence-electron chi connectivity index (χ0n) is 11.6. The van der Waals surface area contributed by atoms with Gasteiger partial charge in [0.25, 0.3) is 0 Å². The van der Waals surface area contributed by atoms with E-state index >= 15 is 0 Å². The zero-order valence-corrected chi connectivity index (χ0v) is 11.6. The molecule has 0 radical (unpaired) electrons. The van der Waals surface area contributed by atoms with Crippen molar-refractivity contribution in [1.82, 2.24) is 0 Å². The fourth-order valence-electron chi connectivity index (χ4n) is 2.80. The second-order valence-corrected chi connectivity index (χ2v) is 6.54. The smallest absolute Gasteiger partial charge is 0.119 e. The van der Waals surface area contributed by atoms with Crippen LogP contribution in [0.4, 0.5) is 0 Å². The van der Waals surface area contributed by atoms with Crippen LogP contribution in [0.15, 0.2) is 18.2 Å². The lowest BCUT2D eigenvalue weighted by molar-refractivity contribution is 0.119. The van der Waals surface area contributed by atoms with Crippen molar-refractivity contribution >= 4 is 0 Å². The Kier molecular flexibility index (Phi) is 3.67. The summed E-state index contributed by atoms with van der Waals surface area (Å²) in [5.74, 6) is 0.698. The van der Waals surface area contributed by atoms with Crippen molar-refractivity contribution in [2.75, 3.05) is 0 Å². The van der Waals surface area contributed by atoms with Crippen LogP contribution < -0.4 is 0 Å². The van der Waals surface area contributed by atoms with Crippen LogP contribution in [-0.4, -0.2) is 16.3 Å². The second kappa shape index (κ2) is 4.93. The largest absolute Gasteiger partial charge is 0.508 e. The van der Waals surface area contributed by atoms with Gasteiger partial charge in [-0.1, -0.05) is 39.3 Å². The molecule has 2 heteroatoms. The molecule has 1 fully saturated rings. The molecular weight excluding hydrogens is 224 g/mol. The van der Waals surface area contributed by atoms with E-state index in [0.717, 1.165) is 36.8 Å². The molecule has 1 aromatic rings. The molecule has 2 nitrogen and oxygen atoms in total. The number of aromatic hydroxyl groups is 1. The van der Waals surface area contributed by atoms with Crippen LogP contribution in [0.1, 0.15) is 63.5 Å². The summed E-state index contributed by atoms with van der Waals surface area (Å²) in [7, 11) is 0. The number of rotatable bonds is 1. The molecule has 0 bridgehead atoms. The number of phenolic OH excluding ortho intramolecular Hbond substituents is 1. The molecule has 0 heterocycles. The maximum Gasteiger partial charge on any atom is 0.119 e. The predicted octanol–water partition coefficient (Wildman–Crippen LogP) is 3.71. The number of phenols is 1. The maximum atomic E-state index is 10.2. The van der Waals surface area contributed by atoms with Gasteiger partial charge >= 0.3 is 0 Å². The van der Waals surface area contributed by atoms with Crippen molar-refractivity contribution in [1.29, 1.82) is 0 Å². The maximum absolute atomic E-state index is 10.2. The van der Waals surface area contributed by atoms with Crippen molar-refractivity contribution < 1.29 is 10.2 Å². The van der Waals surface area contributed by atoms with E-state index in [0.29, 0.717) is 11.7 Å². The van der Waals surface area contributed by atoms with Gasteiger partial charge in [-0.25, -0.2) is 0 Å². The first-order chi connectivity index (χ1) is 8.38. The minimum Gasteiger partial charge on any atom is -0.508 e. The van der Waals surface area contributed by atoms with Gasteiger partial charge < -0.3 is 10.2 Å². The first-order valence-electron chi connectivity index (χ1n) is 6.89. The minimum atomic E-state index is -0.203. The van der Waals surface area contributed by atoms with Crippen LogP contribution >= 0.6 is 0 Å². The van der Waals surface area contributed by atoms with E-state index < -0.39 is 0 Å². The third-order valence-corrected chi connectivity index (χ3v) is 3.98. The minimum absolute atomic E-state index is 0.0576. The third kappa shape index (κ3) is 2.86. The van der Waals surface area contributed by atoms with Gasteiger partial charge in [0.1, 0.15) is 5.75 Å². The fourth-order valence-corrected chi connectivity index (χ4v) is 2.80. The quantitative estimate of drug-likeness (QED) is 0.795. The first-order valence-corrected chi connectivity index (χ1v) is 6.89. The van der Waals surface area contributed by atoms with Crippen LogP contribution in [0.2, 0.25) is 0 Å². The van der Waals surface area contributed by atoms with E-state index in [1.807, 2.05) is 12.1 Å². The predicted molar refractivity (Wildman–Crippen MR) is 74.0 cm³/mol. The van der Waals surface area contributed by atoms with Gasteiger partial charge in [0, 0.05) is 0 Å². The number of hydrogen-bond donors (Lipinski definition) is 2. The summed E-state index contributed by atoms with van der Waals surface area (Å²) in [4.78, 5) is 0. The van der Waals surface area contributed by atoms with E-state index in [1.54, 1.807) is 0 Å². The monoisotopic (exact) mass is 248 g/mol. The van der Waals surface area contributed by atoms with Gasteiger partial charge in [-0.2, -0.15) is 0 Å². The molecule has 1 saturated carbocycles. The molecule has 0 aliphatic heterocycles.